The van der Waals surface area contributed by atoms with Gasteiger partial charge in [-0.3, -0.25) is 9.78 Å². The Morgan fingerprint density at radius 1 is 1.25 bits per heavy atom. The van der Waals surface area contributed by atoms with Gasteiger partial charge in [0.2, 0.25) is 0 Å². The third-order valence-electron chi connectivity index (χ3n) is 5.66. The van der Waals surface area contributed by atoms with Crippen molar-refractivity contribution >= 4 is 39.2 Å². The Kier molecular flexibility index (Phi) is 7.74. The van der Waals surface area contributed by atoms with Crippen molar-refractivity contribution in [2.24, 2.45) is 5.92 Å². The Hall–Kier alpha value is -3.07. The van der Waals surface area contributed by atoms with Gasteiger partial charge in [0.1, 0.15) is 23.0 Å². The van der Waals surface area contributed by atoms with E-state index in [1.165, 1.54) is 24.8 Å². The van der Waals surface area contributed by atoms with Gasteiger partial charge in [-0.05, 0) is 30.5 Å². The Labute approximate surface area is 192 Å². The number of hydrogen-bond acceptors (Lipinski definition) is 8. The van der Waals surface area contributed by atoms with E-state index < -0.39 is 12.0 Å². The number of nitrogens with zero attached hydrogens (tertiary/aromatic N) is 4. The highest BCUT2D eigenvalue weighted by molar-refractivity contribution is 7.20. The molecule has 0 fully saturated rings. The van der Waals surface area contributed by atoms with Crippen molar-refractivity contribution < 1.29 is 14.3 Å². The zero-order valence-corrected chi connectivity index (χ0v) is 19.9. The number of anilines is 1. The minimum Gasteiger partial charge on any atom is -0.467 e. The largest absolute Gasteiger partial charge is 0.467 e. The predicted molar refractivity (Wildman–Crippen MR) is 126 cm³/mol. The molecule has 3 rings (SSSR count). The van der Waals surface area contributed by atoms with E-state index in [9.17, 15) is 9.59 Å². The minimum absolute atomic E-state index is 0.0471. The Balaban J connectivity index is 1.86. The summed E-state index contributed by atoms with van der Waals surface area (Å²) in [6, 6.07) is 5.17. The number of carbonyl (C=O) groups is 2. The molecule has 3 heterocycles. The fraction of sp³-hybridized carbons (Fsp3) is 0.435. The van der Waals surface area contributed by atoms with Gasteiger partial charge in [0, 0.05) is 31.9 Å². The van der Waals surface area contributed by atoms with E-state index in [2.05, 4.69) is 25.2 Å². The van der Waals surface area contributed by atoms with Crippen LogP contribution < -0.4 is 10.2 Å². The smallest absolute Gasteiger partial charge is 0.328 e. The number of thiophene rings is 1. The van der Waals surface area contributed by atoms with Crippen LogP contribution in [-0.2, 0) is 16.0 Å². The topological polar surface area (TPSA) is 97.3 Å². The van der Waals surface area contributed by atoms with E-state index in [0.29, 0.717) is 4.88 Å². The van der Waals surface area contributed by atoms with Gasteiger partial charge in [-0.1, -0.05) is 26.3 Å². The summed E-state index contributed by atoms with van der Waals surface area (Å²) >= 11 is 1.30. The number of hydrogen-bond donors (Lipinski definition) is 1. The second kappa shape index (κ2) is 10.5. The highest BCUT2D eigenvalue weighted by atomic mass is 32.1. The number of likely N-dealkylation sites (N-methyl/N-ethyl adjacent to an activating group) is 1. The van der Waals surface area contributed by atoms with Crippen molar-refractivity contribution in [3.05, 3.63) is 46.9 Å². The Bertz CT molecular complexity index is 1090. The van der Waals surface area contributed by atoms with Crippen molar-refractivity contribution in [3.63, 3.8) is 0 Å². The summed E-state index contributed by atoms with van der Waals surface area (Å²) in [6.45, 7) is 6.50. The first-order valence-electron chi connectivity index (χ1n) is 10.6. The third-order valence-corrected chi connectivity index (χ3v) is 6.86. The van der Waals surface area contributed by atoms with E-state index in [4.69, 9.17) is 4.74 Å². The van der Waals surface area contributed by atoms with Crippen LogP contribution in [0.4, 0.5) is 5.82 Å². The van der Waals surface area contributed by atoms with Gasteiger partial charge in [-0.2, -0.15) is 0 Å². The summed E-state index contributed by atoms with van der Waals surface area (Å²) in [5.74, 6) is -0.0242. The van der Waals surface area contributed by atoms with Gasteiger partial charge in [0.25, 0.3) is 5.91 Å². The molecule has 0 bridgehead atoms. The zero-order chi connectivity index (χ0) is 23.3. The lowest BCUT2D eigenvalue weighted by molar-refractivity contribution is -0.144. The maximum atomic E-state index is 13.1. The summed E-state index contributed by atoms with van der Waals surface area (Å²) in [7, 11) is 3.30. The molecule has 3 aromatic heterocycles. The quantitative estimate of drug-likeness (QED) is 0.494. The summed E-state index contributed by atoms with van der Waals surface area (Å²) < 4.78 is 4.89. The predicted octanol–water partition coefficient (Wildman–Crippen LogP) is 3.39. The molecular formula is C23H29N5O3S. The SMILES string of the molecule is CC[C@@H](C)[C@H](NC(=O)c1sc2ncnc(N(C)CCc3ccccn3)c2c1C)C(=O)OC. The van der Waals surface area contributed by atoms with Crippen molar-refractivity contribution in [1.29, 1.82) is 0 Å². The molecule has 0 aliphatic rings. The average Bonchev–Trinajstić information content (AvgIpc) is 3.17. The molecule has 1 N–H and O–H groups in total. The van der Waals surface area contributed by atoms with E-state index in [0.717, 1.165) is 46.7 Å². The van der Waals surface area contributed by atoms with Crippen molar-refractivity contribution in [2.75, 3.05) is 25.6 Å². The number of ether oxygens (including phenoxy) is 1. The molecule has 3 aromatic rings. The molecule has 0 saturated heterocycles. The molecule has 170 valence electrons. The van der Waals surface area contributed by atoms with Gasteiger partial charge in [0.05, 0.1) is 17.4 Å². The van der Waals surface area contributed by atoms with Crippen LogP contribution in [0.1, 0.15) is 41.2 Å². The fourth-order valence-corrected chi connectivity index (χ4v) is 4.54. The first-order valence-corrected chi connectivity index (χ1v) is 11.4. The summed E-state index contributed by atoms with van der Waals surface area (Å²) in [4.78, 5) is 41.9. The second-order valence-electron chi connectivity index (χ2n) is 7.79. The van der Waals surface area contributed by atoms with Crippen molar-refractivity contribution in [1.82, 2.24) is 20.3 Å². The molecule has 0 aliphatic heterocycles. The molecule has 32 heavy (non-hydrogen) atoms. The van der Waals surface area contributed by atoms with Gasteiger partial charge in [-0.25, -0.2) is 14.8 Å². The molecule has 0 aliphatic carbocycles. The van der Waals surface area contributed by atoms with Crippen molar-refractivity contribution in [2.45, 2.75) is 39.7 Å². The lowest BCUT2D eigenvalue weighted by Crippen LogP contribution is -2.45. The lowest BCUT2D eigenvalue weighted by Gasteiger charge is -2.21. The second-order valence-corrected chi connectivity index (χ2v) is 8.79. The Morgan fingerprint density at radius 2 is 2.03 bits per heavy atom. The molecule has 0 unspecified atom stereocenters. The van der Waals surface area contributed by atoms with Crippen LogP contribution in [0, 0.1) is 12.8 Å². The van der Waals surface area contributed by atoms with E-state index in [1.54, 1.807) is 6.20 Å². The number of carbonyl (C=O) groups excluding carboxylic acids is 2. The Morgan fingerprint density at radius 3 is 2.69 bits per heavy atom. The van der Waals surface area contributed by atoms with Crippen LogP contribution in [0.25, 0.3) is 10.2 Å². The summed E-state index contributed by atoms with van der Waals surface area (Å²) in [5, 5.41) is 3.71. The number of nitrogens with one attached hydrogen (secondary N) is 1. The first kappa shape index (κ1) is 23.6. The first-order chi connectivity index (χ1) is 15.4. The number of aryl methyl sites for hydroxylation is 1. The van der Waals surface area contributed by atoms with Crippen LogP contribution in [0.2, 0.25) is 0 Å². The number of aromatic nitrogens is 3. The van der Waals surface area contributed by atoms with Crippen LogP contribution in [0.15, 0.2) is 30.7 Å². The number of methoxy groups -OCH3 is 1. The summed E-state index contributed by atoms with van der Waals surface area (Å²) in [6.07, 6.45) is 4.81. The molecule has 0 saturated carbocycles. The van der Waals surface area contributed by atoms with Crippen LogP contribution in [-0.4, -0.2) is 53.6 Å². The van der Waals surface area contributed by atoms with E-state index in [1.807, 2.05) is 46.0 Å². The molecule has 0 radical (unpaired) electrons. The van der Waals surface area contributed by atoms with Gasteiger partial charge >= 0.3 is 5.97 Å². The molecule has 9 heteroatoms. The highest BCUT2D eigenvalue weighted by Gasteiger charge is 2.29. The fourth-order valence-electron chi connectivity index (χ4n) is 3.50. The van der Waals surface area contributed by atoms with Crippen molar-refractivity contribution in [3.8, 4) is 0 Å². The molecular weight excluding hydrogens is 426 g/mol. The number of esters is 1. The molecule has 1 amide bonds. The minimum atomic E-state index is -0.700. The number of rotatable bonds is 9. The standard InChI is InChI=1S/C23H29N5O3S/c1-6-14(2)18(23(30)31-5)27-21(29)19-15(3)17-20(25-13-26-22(17)32-19)28(4)12-10-16-9-7-8-11-24-16/h7-9,11,13-14,18H,6,10,12H2,1-5H3,(H,27,29)/t14-,18+/m1/s1. The molecule has 8 nitrogen and oxygen atoms in total. The van der Waals surface area contributed by atoms with Gasteiger partial charge in [-0.15, -0.1) is 11.3 Å². The zero-order valence-electron chi connectivity index (χ0n) is 19.1. The van der Waals surface area contributed by atoms with Gasteiger partial charge < -0.3 is 15.0 Å². The maximum Gasteiger partial charge on any atom is 0.328 e. The monoisotopic (exact) mass is 455 g/mol. The lowest BCUT2D eigenvalue weighted by atomic mass is 9.99. The molecule has 2 atom stereocenters. The average molecular weight is 456 g/mol. The van der Waals surface area contributed by atoms with Crippen LogP contribution in [0.5, 0.6) is 0 Å². The van der Waals surface area contributed by atoms with Gasteiger partial charge in [0.15, 0.2) is 0 Å². The summed E-state index contributed by atoms with van der Waals surface area (Å²) in [5.41, 5.74) is 1.81. The highest BCUT2D eigenvalue weighted by Crippen LogP contribution is 2.34. The van der Waals surface area contributed by atoms with E-state index >= 15 is 0 Å². The number of fused-ring (bicyclic) bond motifs is 1. The number of amides is 1. The molecule has 0 spiro atoms. The normalized spacial score (nSPS) is 12.9. The maximum absolute atomic E-state index is 13.1. The van der Waals surface area contributed by atoms with Crippen LogP contribution >= 0.6 is 11.3 Å². The van der Waals surface area contributed by atoms with Crippen LogP contribution in [0.3, 0.4) is 0 Å². The third kappa shape index (κ3) is 5.04. The number of pyridine rings is 1. The molecule has 0 aromatic carbocycles. The van der Waals surface area contributed by atoms with E-state index in [-0.39, 0.29) is 11.8 Å².